The van der Waals surface area contributed by atoms with Crippen molar-refractivity contribution in [2.75, 3.05) is 18.5 Å². The van der Waals surface area contributed by atoms with E-state index < -0.39 is 0 Å². The smallest absolute Gasteiger partial charge is 0.262 e. The van der Waals surface area contributed by atoms with Gasteiger partial charge in [-0.25, -0.2) is 0 Å². The zero-order chi connectivity index (χ0) is 30.0. The molecular weight excluding hydrogens is 624 g/mol. The number of benzene rings is 2. The highest BCUT2D eigenvalue weighted by Crippen LogP contribution is 2.25. The van der Waals surface area contributed by atoms with Crippen LogP contribution in [0.15, 0.2) is 53.4 Å². The summed E-state index contributed by atoms with van der Waals surface area (Å²) >= 11 is 1.65. The Morgan fingerprint density at radius 2 is 1.51 bits per heavy atom. The monoisotopic (exact) mass is 672 g/mol. The summed E-state index contributed by atoms with van der Waals surface area (Å²) in [7, 11) is 0. The number of carbonyl (C=O) groups is 2. The van der Waals surface area contributed by atoms with Crippen molar-refractivity contribution in [1.29, 1.82) is 0 Å². The maximum atomic E-state index is 12.7. The van der Waals surface area contributed by atoms with Gasteiger partial charge in [-0.15, -0.1) is 0 Å². The molecule has 0 atom stereocenters. The Morgan fingerprint density at radius 3 is 2.14 bits per heavy atom. The van der Waals surface area contributed by atoms with Gasteiger partial charge in [0.15, 0.2) is 24.6 Å². The average Bonchev–Trinajstić information content (AvgIpc) is 3.39. The molecule has 0 fully saturated rings. The number of unbranched alkanes of at least 4 members (excludes halogenated alkanes) is 11. The van der Waals surface area contributed by atoms with Crippen LogP contribution >= 0.6 is 11.3 Å². The number of halogens is 1. The Labute approximate surface area is 273 Å². The van der Waals surface area contributed by atoms with Crippen molar-refractivity contribution in [3.05, 3.63) is 70.2 Å². The van der Waals surface area contributed by atoms with Crippen molar-refractivity contribution < 1.29 is 40.6 Å². The van der Waals surface area contributed by atoms with E-state index in [1.165, 1.54) is 76.8 Å². The topological polar surface area (TPSA) is 68.5 Å². The molecule has 0 radical (unpaired) electrons. The largest absolute Gasteiger partial charge is 1.00 e. The molecule has 6 nitrogen and oxygen atoms in total. The van der Waals surface area contributed by atoms with E-state index in [0.29, 0.717) is 30.2 Å². The molecule has 1 heterocycles. The number of anilines is 1. The highest BCUT2D eigenvalue weighted by molar-refractivity contribution is 7.07. The number of carbonyl (C=O) groups excluding carboxylic acids is 2. The van der Waals surface area contributed by atoms with Crippen LogP contribution in [0.2, 0.25) is 0 Å². The lowest BCUT2D eigenvalue weighted by atomic mass is 10.1. The van der Waals surface area contributed by atoms with Gasteiger partial charge in [0.2, 0.25) is 5.51 Å². The number of aryl methyl sites for hydroxylation is 1. The van der Waals surface area contributed by atoms with Gasteiger partial charge in [0.25, 0.3) is 5.91 Å². The van der Waals surface area contributed by atoms with E-state index in [1.54, 1.807) is 29.5 Å². The molecule has 2 aromatic carbocycles. The van der Waals surface area contributed by atoms with Gasteiger partial charge in [-0.3, -0.25) is 9.59 Å². The number of ketones is 1. The first-order valence-electron chi connectivity index (χ1n) is 15.7. The molecule has 0 saturated carbocycles. The molecule has 0 aliphatic heterocycles. The number of amides is 1. The van der Waals surface area contributed by atoms with Crippen LogP contribution in [-0.4, -0.2) is 24.9 Å². The maximum absolute atomic E-state index is 12.7. The predicted octanol–water partition coefficient (Wildman–Crippen LogP) is 5.70. The fourth-order valence-corrected chi connectivity index (χ4v) is 5.72. The third-order valence-corrected chi connectivity index (χ3v) is 8.32. The Morgan fingerprint density at radius 1 is 0.860 bits per heavy atom. The van der Waals surface area contributed by atoms with Gasteiger partial charge in [-0.05, 0) is 37.6 Å². The van der Waals surface area contributed by atoms with Gasteiger partial charge in [0, 0.05) is 12.5 Å². The molecule has 1 amide bonds. The number of nitrogens with one attached hydrogen (secondary N) is 1. The lowest BCUT2D eigenvalue weighted by Crippen LogP contribution is -3.00. The van der Waals surface area contributed by atoms with Crippen molar-refractivity contribution in [1.82, 2.24) is 0 Å². The Kier molecular flexibility index (Phi) is 17.9. The number of rotatable bonds is 21. The first kappa shape index (κ1) is 36.5. The summed E-state index contributed by atoms with van der Waals surface area (Å²) in [6.07, 6.45) is 15.5. The quantitative estimate of drug-likeness (QED) is 0.0896. The predicted molar refractivity (Wildman–Crippen MR) is 172 cm³/mol. The Bertz CT molecular complexity index is 1250. The van der Waals surface area contributed by atoms with Gasteiger partial charge in [-0.2, -0.15) is 4.57 Å². The number of ether oxygens (including phenoxy) is 2. The first-order valence-corrected chi connectivity index (χ1v) is 16.6. The Hall–Kier alpha value is -2.71. The molecule has 236 valence electrons. The van der Waals surface area contributed by atoms with E-state index in [9.17, 15) is 9.59 Å². The molecule has 0 spiro atoms. The standard InChI is InChI=1S/C35H48N2O4S.BrH/c1-4-5-6-7-8-9-10-11-12-13-14-17-22-40-34-21-20-31(23-32(34)29(3)38)41-25-35(39)36-33-19-16-15-18-30(33)24-37-27-42-26-28(37)2;/h15-16,18-21,23,26-27H,4-14,17,22,24-25H2,1-3H3;1H. The SMILES string of the molecule is CCCCCCCCCCCCCCOc1ccc(OCC(=O)Nc2ccccc2C[n+]2cscc2C)cc1C(C)=O.[Br-]. The van der Waals surface area contributed by atoms with Crippen LogP contribution < -0.4 is 36.3 Å². The van der Waals surface area contributed by atoms with E-state index in [0.717, 1.165) is 24.1 Å². The van der Waals surface area contributed by atoms with Gasteiger partial charge in [-0.1, -0.05) is 107 Å². The van der Waals surface area contributed by atoms with Crippen LogP contribution in [0, 0.1) is 6.92 Å². The number of hydrogen-bond donors (Lipinski definition) is 1. The fraction of sp³-hybridized carbons (Fsp3) is 0.514. The van der Waals surface area contributed by atoms with Crippen molar-refractivity contribution in [3.63, 3.8) is 0 Å². The molecule has 0 unspecified atom stereocenters. The number of aromatic nitrogens is 1. The summed E-state index contributed by atoms with van der Waals surface area (Å²) in [5.41, 5.74) is 5.49. The number of hydrogen-bond acceptors (Lipinski definition) is 5. The maximum Gasteiger partial charge on any atom is 0.262 e. The van der Waals surface area contributed by atoms with E-state index in [1.807, 2.05) is 24.3 Å². The van der Waals surface area contributed by atoms with Crippen molar-refractivity contribution in [2.24, 2.45) is 0 Å². The third-order valence-electron chi connectivity index (χ3n) is 7.47. The number of para-hydroxylation sites is 1. The average molecular weight is 674 g/mol. The number of nitrogens with zero attached hydrogens (tertiary/aromatic N) is 1. The zero-order valence-corrected chi connectivity index (χ0v) is 28.6. The van der Waals surface area contributed by atoms with Crippen LogP contribution in [0.4, 0.5) is 5.69 Å². The second kappa shape index (κ2) is 21.1. The minimum Gasteiger partial charge on any atom is -1.00 e. The second-order valence-electron chi connectivity index (χ2n) is 11.1. The highest BCUT2D eigenvalue weighted by Gasteiger charge is 2.15. The van der Waals surface area contributed by atoms with Gasteiger partial charge in [0.05, 0.1) is 23.2 Å². The molecule has 3 aromatic rings. The summed E-state index contributed by atoms with van der Waals surface area (Å²) < 4.78 is 13.9. The molecule has 0 aliphatic rings. The van der Waals surface area contributed by atoms with Crippen molar-refractivity contribution in [3.8, 4) is 11.5 Å². The van der Waals surface area contributed by atoms with Gasteiger partial charge < -0.3 is 31.8 Å². The van der Waals surface area contributed by atoms with E-state index in [2.05, 4.69) is 34.6 Å². The minimum absolute atomic E-state index is 0. The summed E-state index contributed by atoms with van der Waals surface area (Å²) in [4.78, 5) is 25.0. The number of thiazole rings is 1. The summed E-state index contributed by atoms with van der Waals surface area (Å²) in [5, 5.41) is 5.06. The highest BCUT2D eigenvalue weighted by atomic mass is 79.9. The van der Waals surface area contributed by atoms with Crippen LogP contribution in [0.3, 0.4) is 0 Å². The summed E-state index contributed by atoms with van der Waals surface area (Å²) in [5.74, 6) is 0.680. The fourth-order valence-electron chi connectivity index (χ4n) is 4.94. The molecule has 0 bridgehead atoms. The van der Waals surface area contributed by atoms with Gasteiger partial charge in [0.1, 0.15) is 11.5 Å². The molecule has 8 heteroatoms. The summed E-state index contributed by atoms with van der Waals surface area (Å²) in [6.45, 7) is 6.95. The molecule has 3 rings (SSSR count). The lowest BCUT2D eigenvalue weighted by molar-refractivity contribution is -0.689. The van der Waals surface area contributed by atoms with E-state index in [4.69, 9.17) is 9.47 Å². The first-order chi connectivity index (χ1) is 20.5. The molecular formula is C35H49BrN2O4S. The van der Waals surface area contributed by atoms with Crippen LogP contribution in [0.25, 0.3) is 0 Å². The lowest BCUT2D eigenvalue weighted by Gasteiger charge is -2.13. The van der Waals surface area contributed by atoms with E-state index in [-0.39, 0.29) is 35.3 Å². The minimum atomic E-state index is -0.258. The Balaban J connectivity index is 0.00000645. The molecule has 1 aromatic heterocycles. The molecule has 0 saturated heterocycles. The molecule has 43 heavy (non-hydrogen) atoms. The van der Waals surface area contributed by atoms with E-state index >= 15 is 0 Å². The van der Waals surface area contributed by atoms with Crippen LogP contribution in [-0.2, 0) is 11.3 Å². The van der Waals surface area contributed by atoms with Crippen molar-refractivity contribution >= 4 is 28.7 Å². The molecule has 1 N–H and O–H groups in total. The second-order valence-corrected chi connectivity index (χ2v) is 11.8. The summed E-state index contributed by atoms with van der Waals surface area (Å²) in [6, 6.07) is 13.0. The number of Topliss-reactive ketones (excluding diaryl/α,β-unsaturated/α-hetero) is 1. The molecule has 0 aliphatic carbocycles. The zero-order valence-electron chi connectivity index (χ0n) is 26.2. The van der Waals surface area contributed by atoms with Crippen LogP contribution in [0.1, 0.15) is 113 Å². The van der Waals surface area contributed by atoms with Crippen molar-refractivity contribution in [2.45, 2.75) is 104 Å². The normalized spacial score (nSPS) is 10.7. The van der Waals surface area contributed by atoms with Gasteiger partial charge >= 0.3 is 0 Å². The van der Waals surface area contributed by atoms with Crippen LogP contribution in [0.5, 0.6) is 11.5 Å². The third kappa shape index (κ3) is 13.6.